The zero-order valence-corrected chi connectivity index (χ0v) is 12.5. The number of phenolic OH excluding ortho intramolecular Hbond substituents is 1. The van der Waals surface area contributed by atoms with Crippen molar-refractivity contribution in [2.45, 2.75) is 27.2 Å². The third-order valence-corrected chi connectivity index (χ3v) is 3.44. The second-order valence-corrected chi connectivity index (χ2v) is 5.87. The summed E-state index contributed by atoms with van der Waals surface area (Å²) in [6, 6.07) is 11.6. The fourth-order valence-corrected chi connectivity index (χ4v) is 2.55. The fraction of sp³-hybridized carbons (Fsp3) is 0.294. The normalized spacial score (nSPS) is 11.4. The summed E-state index contributed by atoms with van der Waals surface area (Å²) >= 11 is 0. The Labute approximate surface area is 124 Å². The topological polar surface area (TPSA) is 50.9 Å². The molecule has 0 saturated heterocycles. The van der Waals surface area contributed by atoms with E-state index < -0.39 is 0 Å². The van der Waals surface area contributed by atoms with Gasteiger partial charge in [0.15, 0.2) is 0 Å². The van der Waals surface area contributed by atoms with Gasteiger partial charge in [-0.1, -0.05) is 32.0 Å². The minimum absolute atomic E-state index is 0.273. The maximum Gasteiger partial charge on any atom is 0.146 e. The van der Waals surface area contributed by atoms with E-state index in [0.29, 0.717) is 11.6 Å². The summed E-state index contributed by atoms with van der Waals surface area (Å²) in [6.07, 6.45) is 0.835. The summed E-state index contributed by atoms with van der Waals surface area (Å²) in [4.78, 5) is 1.52. The molecule has 0 unspecified atom stereocenters. The number of aromatic nitrogens is 3. The van der Waals surface area contributed by atoms with E-state index >= 15 is 0 Å². The number of fused-ring (bicyclic) bond motifs is 1. The second kappa shape index (κ2) is 5.20. The summed E-state index contributed by atoms with van der Waals surface area (Å²) in [6.45, 7) is 6.31. The van der Waals surface area contributed by atoms with Crippen LogP contribution < -0.4 is 0 Å². The van der Waals surface area contributed by atoms with Gasteiger partial charge in [0.2, 0.25) is 0 Å². The third kappa shape index (κ3) is 2.61. The van der Waals surface area contributed by atoms with Gasteiger partial charge in [-0.3, -0.25) is 0 Å². The van der Waals surface area contributed by atoms with Crippen LogP contribution in [0.25, 0.3) is 16.7 Å². The quantitative estimate of drug-likeness (QED) is 0.797. The van der Waals surface area contributed by atoms with E-state index in [0.717, 1.165) is 28.6 Å². The van der Waals surface area contributed by atoms with Gasteiger partial charge in [0.05, 0.1) is 0 Å². The summed E-state index contributed by atoms with van der Waals surface area (Å²) in [5.41, 5.74) is 4.33. The van der Waals surface area contributed by atoms with Crippen LogP contribution in [-0.4, -0.2) is 20.1 Å². The molecule has 0 aliphatic rings. The molecule has 0 radical (unpaired) electrons. The average molecular weight is 281 g/mol. The number of hydrogen-bond acceptors (Lipinski definition) is 3. The number of aromatic hydroxyl groups is 1. The monoisotopic (exact) mass is 281 g/mol. The molecule has 0 aliphatic heterocycles. The number of nitrogens with zero attached hydrogens (tertiary/aromatic N) is 3. The first-order chi connectivity index (χ1) is 10.0. The Kier molecular flexibility index (Phi) is 3.37. The molecular formula is C17H19N3O. The van der Waals surface area contributed by atoms with Gasteiger partial charge in [-0.05, 0) is 48.6 Å². The van der Waals surface area contributed by atoms with Gasteiger partial charge in [0.1, 0.15) is 22.5 Å². The highest BCUT2D eigenvalue weighted by Gasteiger charge is 2.14. The zero-order valence-electron chi connectivity index (χ0n) is 12.5. The number of hydrogen-bond donors (Lipinski definition) is 1. The van der Waals surface area contributed by atoms with Gasteiger partial charge in [-0.2, -0.15) is 0 Å². The highest BCUT2D eigenvalue weighted by atomic mass is 16.3. The molecule has 21 heavy (non-hydrogen) atoms. The van der Waals surface area contributed by atoms with E-state index in [4.69, 9.17) is 0 Å². The molecule has 0 spiro atoms. The van der Waals surface area contributed by atoms with Crippen molar-refractivity contribution in [1.82, 2.24) is 15.0 Å². The molecule has 0 aliphatic carbocycles. The molecule has 0 saturated carbocycles. The standard InChI is InChI=1S/C17H19N3O/c1-11(2)8-13-9-12(3)10-16(17(13)21)20-18-14-6-4-5-7-15(14)19-20/h4-7,9-11,21H,8H2,1-3H3. The summed E-state index contributed by atoms with van der Waals surface area (Å²) in [5.74, 6) is 0.754. The Morgan fingerprint density at radius 1 is 1.10 bits per heavy atom. The molecule has 0 amide bonds. The predicted molar refractivity (Wildman–Crippen MR) is 83.8 cm³/mol. The first-order valence-electron chi connectivity index (χ1n) is 7.19. The van der Waals surface area contributed by atoms with Gasteiger partial charge < -0.3 is 5.11 Å². The maximum atomic E-state index is 10.5. The minimum atomic E-state index is 0.273. The smallest absolute Gasteiger partial charge is 0.146 e. The maximum absolute atomic E-state index is 10.5. The number of benzene rings is 2. The Morgan fingerprint density at radius 2 is 1.71 bits per heavy atom. The first kappa shape index (κ1) is 13.6. The largest absolute Gasteiger partial charge is 0.505 e. The van der Waals surface area contributed by atoms with E-state index in [1.807, 2.05) is 43.3 Å². The summed E-state index contributed by atoms with van der Waals surface area (Å²) < 4.78 is 0. The van der Waals surface area contributed by atoms with Crippen LogP contribution in [0.5, 0.6) is 5.75 Å². The third-order valence-electron chi connectivity index (χ3n) is 3.44. The lowest BCUT2D eigenvalue weighted by molar-refractivity contribution is 0.455. The van der Waals surface area contributed by atoms with E-state index in [9.17, 15) is 5.11 Å². The molecule has 0 bridgehead atoms. The van der Waals surface area contributed by atoms with Crippen molar-refractivity contribution in [1.29, 1.82) is 0 Å². The minimum Gasteiger partial charge on any atom is -0.505 e. The van der Waals surface area contributed by atoms with Gasteiger partial charge in [0, 0.05) is 0 Å². The molecule has 4 heteroatoms. The Balaban J connectivity index is 2.14. The lowest BCUT2D eigenvalue weighted by atomic mass is 9.99. The van der Waals surface area contributed by atoms with Crippen molar-refractivity contribution < 1.29 is 5.11 Å². The van der Waals surface area contributed by atoms with Crippen LogP contribution in [0.1, 0.15) is 25.0 Å². The van der Waals surface area contributed by atoms with E-state index in [1.54, 1.807) is 0 Å². The van der Waals surface area contributed by atoms with Gasteiger partial charge >= 0.3 is 0 Å². The molecule has 4 nitrogen and oxygen atoms in total. The van der Waals surface area contributed by atoms with Crippen LogP contribution in [0.3, 0.4) is 0 Å². The zero-order chi connectivity index (χ0) is 15.0. The molecule has 0 fully saturated rings. The molecule has 1 N–H and O–H groups in total. The highest BCUT2D eigenvalue weighted by molar-refractivity contribution is 5.73. The van der Waals surface area contributed by atoms with Crippen molar-refractivity contribution >= 4 is 11.0 Å². The van der Waals surface area contributed by atoms with Crippen molar-refractivity contribution in [2.75, 3.05) is 0 Å². The highest BCUT2D eigenvalue weighted by Crippen LogP contribution is 2.29. The molecule has 108 valence electrons. The van der Waals surface area contributed by atoms with Gasteiger partial charge in [-0.25, -0.2) is 0 Å². The average Bonchev–Trinajstić information content (AvgIpc) is 2.85. The molecule has 1 heterocycles. The Bertz CT molecular complexity index is 757. The lowest BCUT2D eigenvalue weighted by Gasteiger charge is -2.12. The first-order valence-corrected chi connectivity index (χ1v) is 7.19. The van der Waals surface area contributed by atoms with Crippen LogP contribution >= 0.6 is 0 Å². The van der Waals surface area contributed by atoms with Gasteiger partial charge in [0.25, 0.3) is 0 Å². The SMILES string of the molecule is Cc1cc(CC(C)C)c(O)c(-n2nc3ccccc3n2)c1. The number of aryl methyl sites for hydroxylation is 1. The molecule has 0 atom stereocenters. The molecule has 1 aromatic heterocycles. The second-order valence-electron chi connectivity index (χ2n) is 5.87. The molecule has 3 aromatic rings. The van der Waals surface area contributed by atoms with E-state index in [2.05, 4.69) is 24.0 Å². The van der Waals surface area contributed by atoms with Crippen molar-refractivity contribution in [2.24, 2.45) is 5.92 Å². The van der Waals surface area contributed by atoms with Crippen LogP contribution in [0.4, 0.5) is 0 Å². The molecular weight excluding hydrogens is 262 g/mol. The van der Waals surface area contributed by atoms with Crippen LogP contribution in [0.2, 0.25) is 0 Å². The summed E-state index contributed by atoms with van der Waals surface area (Å²) in [7, 11) is 0. The molecule has 3 rings (SSSR count). The van der Waals surface area contributed by atoms with Crippen LogP contribution in [0.15, 0.2) is 36.4 Å². The van der Waals surface area contributed by atoms with Crippen LogP contribution in [0, 0.1) is 12.8 Å². The van der Waals surface area contributed by atoms with Crippen LogP contribution in [-0.2, 0) is 6.42 Å². The van der Waals surface area contributed by atoms with Crippen molar-refractivity contribution in [3.63, 3.8) is 0 Å². The predicted octanol–water partition coefficient (Wildman–Crippen LogP) is 3.63. The number of phenols is 1. The summed E-state index contributed by atoms with van der Waals surface area (Å²) in [5, 5.41) is 19.4. The fourth-order valence-electron chi connectivity index (χ4n) is 2.55. The molecule has 2 aromatic carbocycles. The Hall–Kier alpha value is -2.36. The lowest BCUT2D eigenvalue weighted by Crippen LogP contribution is -2.03. The van der Waals surface area contributed by atoms with Gasteiger partial charge in [-0.15, -0.1) is 15.0 Å². The number of rotatable bonds is 3. The van der Waals surface area contributed by atoms with E-state index in [1.165, 1.54) is 4.80 Å². The van der Waals surface area contributed by atoms with E-state index in [-0.39, 0.29) is 5.75 Å². The van der Waals surface area contributed by atoms with Crippen molar-refractivity contribution in [3.8, 4) is 11.4 Å². The van der Waals surface area contributed by atoms with Crippen molar-refractivity contribution in [3.05, 3.63) is 47.5 Å². The Morgan fingerprint density at radius 3 is 2.29 bits per heavy atom.